The van der Waals surface area contributed by atoms with Crippen molar-refractivity contribution in [2.24, 2.45) is 0 Å². The van der Waals surface area contributed by atoms with Crippen molar-refractivity contribution in [3.05, 3.63) is 69.6 Å². The number of hydrogen-bond donors (Lipinski definition) is 3. The molecule has 0 bridgehead atoms. The molecule has 3 rings (SSSR count). The Kier molecular flexibility index (Phi) is 6.05. The minimum atomic E-state index is -0.545. The zero-order valence-corrected chi connectivity index (χ0v) is 15.9. The molecule has 0 aliphatic heterocycles. The van der Waals surface area contributed by atoms with Crippen LogP contribution in [-0.4, -0.2) is 28.0 Å². The summed E-state index contributed by atoms with van der Waals surface area (Å²) in [6, 6.07) is 10.6. The Morgan fingerprint density at radius 2 is 2.07 bits per heavy atom. The molecule has 0 saturated carbocycles. The second-order valence-corrected chi connectivity index (χ2v) is 7.21. The number of nitrogens with one attached hydrogen (secondary N) is 3. The summed E-state index contributed by atoms with van der Waals surface area (Å²) in [5.41, 5.74) is 0.786. The van der Waals surface area contributed by atoms with E-state index in [1.165, 1.54) is 23.6 Å². The summed E-state index contributed by atoms with van der Waals surface area (Å²) in [4.78, 5) is 43.7. The molecule has 0 atom stereocenters. The second-order valence-electron chi connectivity index (χ2n) is 5.47. The number of benzene rings is 1. The molecule has 2 amide bonds. The summed E-state index contributed by atoms with van der Waals surface area (Å²) in [5.74, 6) is -0.744. The minimum Gasteiger partial charge on any atom is -0.328 e. The molecule has 1 aromatic carbocycles. The lowest BCUT2D eigenvalue weighted by atomic mass is 10.2. The molecule has 7 nitrogen and oxygen atoms in total. The molecule has 0 radical (unpaired) electrons. The SMILES string of the molecule is CSc1cccc(NC(=O)Cc2csc(NC(=O)c3ccc[nH]c3=O)n2)c1. The van der Waals surface area contributed by atoms with Gasteiger partial charge in [-0.05, 0) is 36.6 Å². The fourth-order valence-electron chi connectivity index (χ4n) is 2.28. The first-order valence-electron chi connectivity index (χ1n) is 7.92. The Morgan fingerprint density at radius 1 is 1.22 bits per heavy atom. The number of thioether (sulfide) groups is 1. The first kappa shape index (κ1) is 18.9. The normalized spacial score (nSPS) is 10.4. The molecule has 0 saturated heterocycles. The van der Waals surface area contributed by atoms with Crippen molar-refractivity contribution in [1.29, 1.82) is 0 Å². The molecule has 2 aromatic heterocycles. The van der Waals surface area contributed by atoms with E-state index in [1.54, 1.807) is 23.2 Å². The third-order valence-corrected chi connectivity index (χ3v) is 5.06. The van der Waals surface area contributed by atoms with E-state index in [-0.39, 0.29) is 17.9 Å². The van der Waals surface area contributed by atoms with Gasteiger partial charge in [0.2, 0.25) is 5.91 Å². The number of aromatic nitrogens is 2. The molecular formula is C18H16N4O3S2. The fourth-order valence-corrected chi connectivity index (χ4v) is 3.45. The summed E-state index contributed by atoms with van der Waals surface area (Å²) in [5, 5.41) is 7.43. The first-order valence-corrected chi connectivity index (χ1v) is 10.0. The molecule has 0 spiro atoms. The van der Waals surface area contributed by atoms with E-state index in [0.717, 1.165) is 10.6 Å². The van der Waals surface area contributed by atoms with Crippen LogP contribution >= 0.6 is 23.1 Å². The second kappa shape index (κ2) is 8.65. The maximum Gasteiger partial charge on any atom is 0.263 e. The van der Waals surface area contributed by atoms with Crippen molar-refractivity contribution >= 4 is 45.7 Å². The van der Waals surface area contributed by atoms with E-state index in [1.807, 2.05) is 30.5 Å². The van der Waals surface area contributed by atoms with Gasteiger partial charge in [0.1, 0.15) is 5.56 Å². The highest BCUT2D eigenvalue weighted by molar-refractivity contribution is 7.98. The predicted molar refractivity (Wildman–Crippen MR) is 108 cm³/mol. The topological polar surface area (TPSA) is 104 Å². The Hall–Kier alpha value is -2.91. The van der Waals surface area contributed by atoms with Crippen LogP contribution in [0.15, 0.2) is 57.7 Å². The number of pyridine rings is 1. The maximum atomic E-state index is 12.2. The predicted octanol–water partition coefficient (Wildman–Crippen LogP) is 2.99. The van der Waals surface area contributed by atoms with Gasteiger partial charge in [-0.3, -0.25) is 19.7 Å². The van der Waals surface area contributed by atoms with Crippen LogP contribution < -0.4 is 16.2 Å². The van der Waals surface area contributed by atoms with Crippen LogP contribution in [0.3, 0.4) is 0 Å². The zero-order chi connectivity index (χ0) is 19.2. The van der Waals surface area contributed by atoms with E-state index < -0.39 is 11.5 Å². The number of thiazole rings is 1. The van der Waals surface area contributed by atoms with Crippen molar-refractivity contribution in [1.82, 2.24) is 9.97 Å². The van der Waals surface area contributed by atoms with Gasteiger partial charge in [-0.1, -0.05) is 6.07 Å². The van der Waals surface area contributed by atoms with E-state index in [2.05, 4.69) is 20.6 Å². The molecule has 0 aliphatic carbocycles. The number of anilines is 2. The molecule has 3 aromatic rings. The van der Waals surface area contributed by atoms with Gasteiger partial charge in [0.15, 0.2) is 5.13 Å². The number of H-pyrrole nitrogens is 1. The molecule has 0 aliphatic rings. The van der Waals surface area contributed by atoms with Gasteiger partial charge in [0.25, 0.3) is 11.5 Å². The van der Waals surface area contributed by atoms with Gasteiger partial charge in [0, 0.05) is 22.2 Å². The van der Waals surface area contributed by atoms with Gasteiger partial charge < -0.3 is 10.3 Å². The van der Waals surface area contributed by atoms with Crippen LogP contribution in [0, 0.1) is 0 Å². The average Bonchev–Trinajstić information content (AvgIpc) is 3.08. The fraction of sp³-hybridized carbons (Fsp3) is 0.111. The lowest BCUT2D eigenvalue weighted by Crippen LogP contribution is -2.22. The number of rotatable bonds is 6. The molecule has 9 heteroatoms. The van der Waals surface area contributed by atoms with Gasteiger partial charge in [-0.25, -0.2) is 4.98 Å². The van der Waals surface area contributed by atoms with Crippen molar-refractivity contribution in [3.63, 3.8) is 0 Å². The monoisotopic (exact) mass is 400 g/mol. The molecule has 27 heavy (non-hydrogen) atoms. The number of carbonyl (C=O) groups excluding carboxylic acids is 2. The highest BCUT2D eigenvalue weighted by atomic mass is 32.2. The van der Waals surface area contributed by atoms with E-state index in [9.17, 15) is 14.4 Å². The number of amides is 2. The van der Waals surface area contributed by atoms with Gasteiger partial charge in [-0.2, -0.15) is 0 Å². The first-order chi connectivity index (χ1) is 13.0. The highest BCUT2D eigenvalue weighted by Gasteiger charge is 2.13. The number of hydrogen-bond acceptors (Lipinski definition) is 6. The van der Waals surface area contributed by atoms with Gasteiger partial charge in [0.05, 0.1) is 12.1 Å². The molecule has 138 valence electrons. The quantitative estimate of drug-likeness (QED) is 0.552. The molecule has 0 unspecified atom stereocenters. The molecular weight excluding hydrogens is 384 g/mol. The zero-order valence-electron chi connectivity index (χ0n) is 14.3. The van der Waals surface area contributed by atoms with E-state index in [4.69, 9.17) is 0 Å². The summed E-state index contributed by atoms with van der Waals surface area (Å²) >= 11 is 2.79. The number of nitrogens with zero attached hydrogens (tertiary/aromatic N) is 1. The lowest BCUT2D eigenvalue weighted by Gasteiger charge is -2.05. The van der Waals surface area contributed by atoms with Gasteiger partial charge in [-0.15, -0.1) is 23.1 Å². The van der Waals surface area contributed by atoms with Crippen molar-refractivity contribution in [2.75, 3.05) is 16.9 Å². The molecule has 2 heterocycles. The van der Waals surface area contributed by atoms with Crippen molar-refractivity contribution in [3.8, 4) is 0 Å². The number of aromatic amines is 1. The Labute approximate surface area is 163 Å². The summed E-state index contributed by atoms with van der Waals surface area (Å²) in [7, 11) is 0. The lowest BCUT2D eigenvalue weighted by molar-refractivity contribution is -0.115. The van der Waals surface area contributed by atoms with Crippen LogP contribution in [-0.2, 0) is 11.2 Å². The highest BCUT2D eigenvalue weighted by Crippen LogP contribution is 2.20. The van der Waals surface area contributed by atoms with Crippen LogP contribution in [0.4, 0.5) is 10.8 Å². The van der Waals surface area contributed by atoms with Crippen LogP contribution in [0.1, 0.15) is 16.1 Å². The Morgan fingerprint density at radius 3 is 2.85 bits per heavy atom. The van der Waals surface area contributed by atoms with Crippen LogP contribution in [0.2, 0.25) is 0 Å². The Balaban J connectivity index is 1.60. The maximum absolute atomic E-state index is 12.2. The molecule has 0 fully saturated rings. The largest absolute Gasteiger partial charge is 0.328 e. The Bertz CT molecular complexity index is 1030. The summed E-state index contributed by atoms with van der Waals surface area (Å²) in [6.45, 7) is 0. The minimum absolute atomic E-state index is 0.000619. The van der Waals surface area contributed by atoms with E-state index in [0.29, 0.717) is 10.8 Å². The summed E-state index contributed by atoms with van der Waals surface area (Å²) < 4.78 is 0. The van der Waals surface area contributed by atoms with Gasteiger partial charge >= 0.3 is 0 Å². The van der Waals surface area contributed by atoms with Crippen molar-refractivity contribution < 1.29 is 9.59 Å². The van der Waals surface area contributed by atoms with Crippen LogP contribution in [0.25, 0.3) is 0 Å². The third kappa shape index (κ3) is 5.05. The smallest absolute Gasteiger partial charge is 0.263 e. The number of carbonyl (C=O) groups is 2. The summed E-state index contributed by atoms with van der Waals surface area (Å²) in [6.07, 6.45) is 3.51. The van der Waals surface area contributed by atoms with E-state index >= 15 is 0 Å². The molecule has 3 N–H and O–H groups in total. The third-order valence-electron chi connectivity index (χ3n) is 3.53. The van der Waals surface area contributed by atoms with Crippen molar-refractivity contribution in [2.45, 2.75) is 11.3 Å². The van der Waals surface area contributed by atoms with Crippen LogP contribution in [0.5, 0.6) is 0 Å². The standard InChI is InChI=1S/C18H16N4O3S2/c1-26-13-5-2-4-11(8-13)20-15(23)9-12-10-27-18(21-12)22-17(25)14-6-3-7-19-16(14)24/h2-8,10H,9H2,1H3,(H,19,24)(H,20,23)(H,21,22,25). The average molecular weight is 400 g/mol.